The number of anilines is 1. The van der Waals surface area contributed by atoms with Crippen molar-refractivity contribution in [2.45, 2.75) is 39.0 Å². The number of thioether (sulfide) groups is 1. The van der Waals surface area contributed by atoms with E-state index in [1.807, 2.05) is 44.5 Å². The molecule has 1 N–H and O–H groups in total. The Labute approximate surface area is 171 Å². The van der Waals surface area contributed by atoms with Crippen LogP contribution in [0.25, 0.3) is 0 Å². The van der Waals surface area contributed by atoms with Gasteiger partial charge in [0.2, 0.25) is 11.0 Å². The monoisotopic (exact) mass is 418 g/mol. The van der Waals surface area contributed by atoms with Crippen LogP contribution in [0.2, 0.25) is 0 Å². The molecule has 1 amide bonds. The molecule has 3 rings (SSSR count). The fraction of sp³-hybridized carbons (Fsp3) is 0.389. The van der Waals surface area contributed by atoms with Crippen molar-refractivity contribution in [3.8, 4) is 5.75 Å². The van der Waals surface area contributed by atoms with Crippen LogP contribution >= 0.6 is 23.1 Å². The molecule has 1 unspecified atom stereocenters. The second-order valence-electron chi connectivity index (χ2n) is 6.39. The molecule has 0 fully saturated rings. The third kappa shape index (κ3) is 4.87. The number of carbonyl (C=O) groups excluding carboxylic acids is 1. The molecule has 0 spiro atoms. The smallest absolute Gasteiger partial charge is 0.236 e. The summed E-state index contributed by atoms with van der Waals surface area (Å²) in [6.07, 6.45) is -0.272. The molecule has 2 aromatic heterocycles. The van der Waals surface area contributed by atoms with E-state index in [4.69, 9.17) is 4.74 Å². The Hall–Kier alpha value is -2.46. The molecule has 0 aliphatic heterocycles. The van der Waals surface area contributed by atoms with Crippen LogP contribution in [-0.4, -0.2) is 36.6 Å². The van der Waals surface area contributed by atoms with E-state index in [2.05, 4.69) is 38.7 Å². The molecule has 0 saturated carbocycles. The van der Waals surface area contributed by atoms with E-state index >= 15 is 0 Å². The van der Waals surface area contributed by atoms with Gasteiger partial charge in [0.1, 0.15) is 10.8 Å². The number of ether oxygens (including phenoxy) is 1. The number of amides is 1. The minimum absolute atomic E-state index is 0.162. The van der Waals surface area contributed by atoms with Crippen LogP contribution in [0, 0.1) is 20.8 Å². The molecule has 0 aliphatic carbocycles. The summed E-state index contributed by atoms with van der Waals surface area (Å²) in [6.45, 7) is 7.84. The van der Waals surface area contributed by atoms with Crippen LogP contribution in [0.4, 0.5) is 5.13 Å². The highest BCUT2D eigenvalue weighted by Crippen LogP contribution is 2.26. The quantitative estimate of drug-likeness (QED) is 0.587. The number of aryl methyl sites for hydroxylation is 3. The number of hydrogen-bond acceptors (Lipinski definition) is 8. The van der Waals surface area contributed by atoms with Crippen LogP contribution in [0.1, 0.15) is 35.0 Å². The minimum Gasteiger partial charge on any atom is -0.482 e. The van der Waals surface area contributed by atoms with Gasteiger partial charge in [-0.3, -0.25) is 10.1 Å². The maximum atomic E-state index is 12.1. The largest absolute Gasteiger partial charge is 0.482 e. The normalized spacial score (nSPS) is 12.0. The highest BCUT2D eigenvalue weighted by atomic mass is 32.2. The molecule has 2 heterocycles. The fourth-order valence-corrected chi connectivity index (χ4v) is 3.94. The first-order valence-corrected chi connectivity index (χ1v) is 10.5. The summed E-state index contributed by atoms with van der Waals surface area (Å²) in [7, 11) is 1.87. The summed E-state index contributed by atoms with van der Waals surface area (Å²) in [6, 6.07) is 6.07. The second-order valence-corrected chi connectivity index (χ2v) is 8.52. The summed E-state index contributed by atoms with van der Waals surface area (Å²) in [4.78, 5) is 12.1. The average Bonchev–Trinajstić information content (AvgIpc) is 3.21. The second kappa shape index (κ2) is 8.70. The lowest BCUT2D eigenvalue weighted by Crippen LogP contribution is -2.14. The molecule has 0 aliphatic rings. The number of hydrogen-bond donors (Lipinski definition) is 1. The van der Waals surface area contributed by atoms with Gasteiger partial charge in [-0.1, -0.05) is 40.8 Å². The number of nitrogens with one attached hydrogen (secondary N) is 1. The topological polar surface area (TPSA) is 94.8 Å². The molecule has 148 valence electrons. The van der Waals surface area contributed by atoms with Crippen LogP contribution in [0.3, 0.4) is 0 Å². The molecular weight excluding hydrogens is 396 g/mol. The Kier molecular flexibility index (Phi) is 6.30. The molecule has 28 heavy (non-hydrogen) atoms. The lowest BCUT2D eigenvalue weighted by atomic mass is 10.1. The Morgan fingerprint density at radius 2 is 2.04 bits per heavy atom. The van der Waals surface area contributed by atoms with Crippen molar-refractivity contribution in [2.24, 2.45) is 7.05 Å². The number of benzene rings is 1. The Balaban J connectivity index is 1.60. The van der Waals surface area contributed by atoms with Gasteiger partial charge in [0.15, 0.2) is 17.1 Å². The predicted octanol–water partition coefficient (Wildman–Crippen LogP) is 3.46. The van der Waals surface area contributed by atoms with Gasteiger partial charge in [0.25, 0.3) is 0 Å². The molecule has 10 heteroatoms. The van der Waals surface area contributed by atoms with Gasteiger partial charge in [-0.15, -0.1) is 20.4 Å². The van der Waals surface area contributed by atoms with Gasteiger partial charge < -0.3 is 9.30 Å². The van der Waals surface area contributed by atoms with E-state index in [1.165, 1.54) is 28.7 Å². The average molecular weight is 419 g/mol. The van der Waals surface area contributed by atoms with Gasteiger partial charge in [0, 0.05) is 7.05 Å². The number of carbonyl (C=O) groups is 1. The van der Waals surface area contributed by atoms with Gasteiger partial charge in [-0.25, -0.2) is 0 Å². The molecule has 3 aromatic rings. The first kappa shape index (κ1) is 20.3. The zero-order valence-corrected chi connectivity index (χ0v) is 18.0. The standard InChI is InChI=1S/C18H22N6O2S2/c1-10-6-7-14(11(2)8-10)26-12(3)16-21-23-18(24(16)5)27-9-15(25)19-17-22-20-13(4)28-17/h6-8,12H,9H2,1-5H3,(H,19,22,25). The molecule has 0 bridgehead atoms. The SMILES string of the molecule is Cc1ccc(OC(C)c2nnc(SCC(=O)Nc3nnc(C)s3)n2C)c(C)c1. The van der Waals surface area contributed by atoms with Crippen molar-refractivity contribution in [3.05, 3.63) is 40.2 Å². The third-order valence-corrected chi connectivity index (χ3v) is 5.75. The van der Waals surface area contributed by atoms with Crippen LogP contribution in [-0.2, 0) is 11.8 Å². The lowest BCUT2D eigenvalue weighted by Gasteiger charge is -2.16. The predicted molar refractivity (Wildman–Crippen MR) is 110 cm³/mol. The maximum absolute atomic E-state index is 12.1. The van der Waals surface area contributed by atoms with Crippen molar-refractivity contribution < 1.29 is 9.53 Å². The lowest BCUT2D eigenvalue weighted by molar-refractivity contribution is -0.113. The Morgan fingerprint density at radius 1 is 1.25 bits per heavy atom. The third-order valence-electron chi connectivity index (χ3n) is 3.97. The van der Waals surface area contributed by atoms with E-state index in [1.54, 1.807) is 0 Å². The van der Waals surface area contributed by atoms with E-state index in [-0.39, 0.29) is 17.8 Å². The van der Waals surface area contributed by atoms with Gasteiger partial charge >= 0.3 is 0 Å². The van der Waals surface area contributed by atoms with Crippen molar-refractivity contribution in [1.29, 1.82) is 0 Å². The zero-order valence-electron chi connectivity index (χ0n) is 16.4. The van der Waals surface area contributed by atoms with Crippen molar-refractivity contribution in [1.82, 2.24) is 25.0 Å². The summed E-state index contributed by atoms with van der Waals surface area (Å²) >= 11 is 2.65. The Morgan fingerprint density at radius 3 is 2.71 bits per heavy atom. The molecule has 1 atom stereocenters. The number of aromatic nitrogens is 5. The van der Waals surface area contributed by atoms with Crippen molar-refractivity contribution in [2.75, 3.05) is 11.1 Å². The molecular formula is C18H22N6O2S2. The highest BCUT2D eigenvalue weighted by Gasteiger charge is 2.19. The summed E-state index contributed by atoms with van der Waals surface area (Å²) < 4.78 is 7.91. The van der Waals surface area contributed by atoms with Crippen LogP contribution in [0.5, 0.6) is 5.75 Å². The number of nitrogens with zero attached hydrogens (tertiary/aromatic N) is 5. The summed E-state index contributed by atoms with van der Waals surface area (Å²) in [5.74, 6) is 1.56. The van der Waals surface area contributed by atoms with E-state index in [0.29, 0.717) is 16.1 Å². The minimum atomic E-state index is -0.272. The van der Waals surface area contributed by atoms with E-state index < -0.39 is 0 Å². The van der Waals surface area contributed by atoms with Gasteiger partial charge in [0.05, 0.1) is 5.75 Å². The fourth-order valence-electron chi connectivity index (χ4n) is 2.61. The zero-order chi connectivity index (χ0) is 20.3. The molecule has 8 nitrogen and oxygen atoms in total. The van der Waals surface area contributed by atoms with E-state index in [9.17, 15) is 4.79 Å². The summed E-state index contributed by atoms with van der Waals surface area (Å²) in [5, 5.41) is 20.9. The van der Waals surface area contributed by atoms with Gasteiger partial charge in [-0.2, -0.15) is 0 Å². The summed E-state index contributed by atoms with van der Waals surface area (Å²) in [5.41, 5.74) is 2.27. The van der Waals surface area contributed by atoms with Crippen molar-refractivity contribution in [3.63, 3.8) is 0 Å². The van der Waals surface area contributed by atoms with Crippen LogP contribution < -0.4 is 10.1 Å². The highest BCUT2D eigenvalue weighted by molar-refractivity contribution is 7.99. The first-order valence-electron chi connectivity index (χ1n) is 8.69. The van der Waals surface area contributed by atoms with Gasteiger partial charge in [-0.05, 0) is 39.3 Å². The maximum Gasteiger partial charge on any atom is 0.236 e. The molecule has 0 radical (unpaired) electrons. The van der Waals surface area contributed by atoms with E-state index in [0.717, 1.165) is 16.3 Å². The number of rotatable bonds is 7. The van der Waals surface area contributed by atoms with Crippen molar-refractivity contribution >= 4 is 34.1 Å². The first-order chi connectivity index (χ1) is 13.3. The molecule has 0 saturated heterocycles. The van der Waals surface area contributed by atoms with Crippen LogP contribution in [0.15, 0.2) is 23.4 Å². The Bertz CT molecular complexity index is 984. The molecule has 1 aromatic carbocycles.